The van der Waals surface area contributed by atoms with E-state index in [0.29, 0.717) is 12.8 Å². The van der Waals surface area contributed by atoms with Gasteiger partial charge in [-0.3, -0.25) is 4.90 Å². The zero-order valence-corrected chi connectivity index (χ0v) is 13.7. The van der Waals surface area contributed by atoms with Crippen molar-refractivity contribution in [2.45, 2.75) is 58.1 Å². The van der Waals surface area contributed by atoms with Gasteiger partial charge in [0.15, 0.2) is 0 Å². The van der Waals surface area contributed by atoms with Gasteiger partial charge in [-0.2, -0.15) is 0 Å². The molecule has 0 aliphatic carbocycles. The molecule has 0 saturated carbocycles. The number of aliphatic hydroxyl groups excluding tert-OH is 1. The van der Waals surface area contributed by atoms with Crippen LogP contribution in [0.15, 0.2) is 30.3 Å². The van der Waals surface area contributed by atoms with Crippen molar-refractivity contribution in [1.29, 1.82) is 0 Å². The number of likely N-dealkylation sites (tertiary alicyclic amines) is 1. The Morgan fingerprint density at radius 1 is 1.22 bits per heavy atom. The van der Waals surface area contributed by atoms with Crippen molar-refractivity contribution < 1.29 is 24.2 Å². The third kappa shape index (κ3) is 4.69. The van der Waals surface area contributed by atoms with Crippen molar-refractivity contribution in [3.8, 4) is 0 Å². The Morgan fingerprint density at radius 3 is 2.48 bits per heavy atom. The van der Waals surface area contributed by atoms with Crippen LogP contribution in [0.3, 0.4) is 0 Å². The van der Waals surface area contributed by atoms with E-state index >= 15 is 0 Å². The number of aliphatic hydroxyl groups is 1. The molecule has 1 amide bonds. The first-order valence-corrected chi connectivity index (χ1v) is 7.68. The van der Waals surface area contributed by atoms with E-state index in [-0.39, 0.29) is 6.61 Å². The lowest BCUT2D eigenvalue weighted by Crippen LogP contribution is -2.47. The standard InChI is InChI=1S/C17H23NO5/c1-17(2,3)23-16(21)18-13(9-10-14(18)19)15(20)22-11-12-7-5-4-6-8-12/h4-8,13-14,19H,9-11H2,1-3H3. The summed E-state index contributed by atoms with van der Waals surface area (Å²) in [6, 6.07) is 8.47. The van der Waals surface area contributed by atoms with E-state index in [4.69, 9.17) is 9.47 Å². The Balaban J connectivity index is 1.99. The van der Waals surface area contributed by atoms with E-state index in [9.17, 15) is 14.7 Å². The van der Waals surface area contributed by atoms with E-state index < -0.39 is 29.9 Å². The van der Waals surface area contributed by atoms with Crippen LogP contribution < -0.4 is 0 Å². The maximum atomic E-state index is 12.3. The first kappa shape index (κ1) is 17.3. The molecule has 1 aliphatic heterocycles. The minimum absolute atomic E-state index is 0.133. The molecule has 2 rings (SSSR count). The minimum Gasteiger partial charge on any atom is -0.459 e. The van der Waals surface area contributed by atoms with Crippen LogP contribution >= 0.6 is 0 Å². The van der Waals surface area contributed by atoms with E-state index in [1.54, 1.807) is 20.8 Å². The van der Waals surface area contributed by atoms with Crippen molar-refractivity contribution in [1.82, 2.24) is 4.90 Å². The van der Waals surface area contributed by atoms with Gasteiger partial charge < -0.3 is 14.6 Å². The molecule has 2 atom stereocenters. The Hall–Kier alpha value is -2.08. The maximum Gasteiger partial charge on any atom is 0.413 e. The maximum absolute atomic E-state index is 12.3. The minimum atomic E-state index is -1.03. The smallest absolute Gasteiger partial charge is 0.413 e. The van der Waals surface area contributed by atoms with Crippen molar-refractivity contribution in [2.75, 3.05) is 0 Å². The quantitative estimate of drug-likeness (QED) is 0.865. The molecule has 6 nitrogen and oxygen atoms in total. The van der Waals surface area contributed by atoms with Crippen LogP contribution in [0.25, 0.3) is 0 Å². The highest BCUT2D eigenvalue weighted by Crippen LogP contribution is 2.26. The summed E-state index contributed by atoms with van der Waals surface area (Å²) in [6.07, 6.45) is -1.05. The summed E-state index contributed by atoms with van der Waals surface area (Å²) in [5.74, 6) is -0.531. The summed E-state index contributed by atoms with van der Waals surface area (Å²) >= 11 is 0. The lowest BCUT2D eigenvalue weighted by atomic mass is 10.2. The fourth-order valence-electron chi connectivity index (χ4n) is 2.41. The van der Waals surface area contributed by atoms with E-state index in [1.807, 2.05) is 30.3 Å². The molecule has 1 saturated heterocycles. The van der Waals surface area contributed by atoms with Crippen molar-refractivity contribution in [2.24, 2.45) is 0 Å². The van der Waals surface area contributed by atoms with Crippen molar-refractivity contribution in [3.05, 3.63) is 35.9 Å². The summed E-state index contributed by atoms with van der Waals surface area (Å²) in [5, 5.41) is 9.98. The Labute approximate surface area is 136 Å². The fourth-order valence-corrected chi connectivity index (χ4v) is 2.41. The summed E-state index contributed by atoms with van der Waals surface area (Å²) in [7, 11) is 0. The lowest BCUT2D eigenvalue weighted by Gasteiger charge is -2.29. The van der Waals surface area contributed by atoms with Gasteiger partial charge in [-0.1, -0.05) is 30.3 Å². The highest BCUT2D eigenvalue weighted by molar-refractivity contribution is 5.82. The van der Waals surface area contributed by atoms with Crippen LogP contribution in [-0.2, 0) is 20.9 Å². The molecule has 23 heavy (non-hydrogen) atoms. The second-order valence-electron chi connectivity index (χ2n) is 6.55. The molecule has 1 heterocycles. The average molecular weight is 321 g/mol. The second-order valence-corrected chi connectivity index (χ2v) is 6.55. The Bertz CT molecular complexity index is 552. The molecule has 0 bridgehead atoms. The third-order valence-corrected chi connectivity index (χ3v) is 3.46. The molecule has 1 aliphatic rings. The zero-order valence-electron chi connectivity index (χ0n) is 13.7. The number of hydrogen-bond acceptors (Lipinski definition) is 5. The van der Waals surface area contributed by atoms with E-state index in [2.05, 4.69) is 0 Å². The number of hydrogen-bond donors (Lipinski definition) is 1. The van der Waals surface area contributed by atoms with Crippen LogP contribution in [0.1, 0.15) is 39.2 Å². The molecule has 126 valence electrons. The average Bonchev–Trinajstić information content (AvgIpc) is 2.86. The number of rotatable bonds is 3. The van der Waals surface area contributed by atoms with Gasteiger partial charge >= 0.3 is 12.1 Å². The number of amides is 1. The summed E-state index contributed by atoms with van der Waals surface area (Å²) in [5.41, 5.74) is 0.168. The molecule has 6 heteroatoms. The van der Waals surface area contributed by atoms with E-state index in [1.165, 1.54) is 0 Å². The fraction of sp³-hybridized carbons (Fsp3) is 0.529. The molecular formula is C17H23NO5. The molecule has 0 aromatic heterocycles. The van der Waals surface area contributed by atoms with Crippen LogP contribution in [0.5, 0.6) is 0 Å². The number of carbonyl (C=O) groups excluding carboxylic acids is 2. The van der Waals surface area contributed by atoms with Gasteiger partial charge in [-0.25, -0.2) is 9.59 Å². The third-order valence-electron chi connectivity index (χ3n) is 3.46. The topological polar surface area (TPSA) is 76.1 Å². The molecule has 2 unspecified atom stereocenters. The van der Waals surface area contributed by atoms with Gasteiger partial charge in [0.05, 0.1) is 0 Å². The molecule has 1 fully saturated rings. The number of nitrogens with zero attached hydrogens (tertiary/aromatic N) is 1. The van der Waals surface area contributed by atoms with Crippen molar-refractivity contribution in [3.63, 3.8) is 0 Å². The predicted molar refractivity (Wildman–Crippen MR) is 83.3 cm³/mol. The Morgan fingerprint density at radius 2 is 1.87 bits per heavy atom. The molecule has 0 radical (unpaired) electrons. The number of ether oxygens (including phenoxy) is 2. The van der Waals surface area contributed by atoms with E-state index in [0.717, 1.165) is 10.5 Å². The Kier molecular flexibility index (Phi) is 5.26. The number of esters is 1. The number of carbonyl (C=O) groups is 2. The summed E-state index contributed by atoms with van der Waals surface area (Å²) in [4.78, 5) is 25.5. The number of benzene rings is 1. The van der Waals surface area contributed by atoms with Gasteiger partial charge in [0.25, 0.3) is 0 Å². The predicted octanol–water partition coefficient (Wildman–Crippen LogP) is 2.45. The lowest BCUT2D eigenvalue weighted by molar-refractivity contribution is -0.152. The van der Waals surface area contributed by atoms with Gasteiger partial charge in [-0.15, -0.1) is 0 Å². The first-order chi connectivity index (χ1) is 10.8. The molecule has 1 aromatic carbocycles. The van der Waals surface area contributed by atoms with Crippen LogP contribution in [-0.4, -0.2) is 39.9 Å². The molecule has 1 N–H and O–H groups in total. The summed E-state index contributed by atoms with van der Waals surface area (Å²) in [6.45, 7) is 5.33. The molecular weight excluding hydrogens is 298 g/mol. The van der Waals surface area contributed by atoms with Gasteiger partial charge in [-0.05, 0) is 39.2 Å². The van der Waals surface area contributed by atoms with Gasteiger partial charge in [0, 0.05) is 0 Å². The summed E-state index contributed by atoms with van der Waals surface area (Å²) < 4.78 is 10.5. The largest absolute Gasteiger partial charge is 0.459 e. The highest BCUT2D eigenvalue weighted by Gasteiger charge is 2.43. The molecule has 0 spiro atoms. The van der Waals surface area contributed by atoms with Crippen LogP contribution in [0.4, 0.5) is 4.79 Å². The molecule has 1 aromatic rings. The highest BCUT2D eigenvalue weighted by atomic mass is 16.6. The first-order valence-electron chi connectivity index (χ1n) is 7.68. The van der Waals surface area contributed by atoms with Crippen LogP contribution in [0.2, 0.25) is 0 Å². The van der Waals surface area contributed by atoms with Gasteiger partial charge in [0.1, 0.15) is 24.5 Å². The SMILES string of the molecule is CC(C)(C)OC(=O)N1C(O)CCC1C(=O)OCc1ccccc1. The van der Waals surface area contributed by atoms with Crippen molar-refractivity contribution >= 4 is 12.1 Å². The normalized spacial score (nSPS) is 21.1. The monoisotopic (exact) mass is 321 g/mol. The van der Waals surface area contributed by atoms with Crippen LogP contribution in [0, 0.1) is 0 Å². The zero-order chi connectivity index (χ0) is 17.0. The second kappa shape index (κ2) is 7.00. The van der Waals surface area contributed by atoms with Gasteiger partial charge in [0.2, 0.25) is 0 Å².